The van der Waals surface area contributed by atoms with Gasteiger partial charge < -0.3 is 15.0 Å². The first-order valence-electron chi connectivity index (χ1n) is 12.3. The highest BCUT2D eigenvalue weighted by molar-refractivity contribution is 5.75. The van der Waals surface area contributed by atoms with E-state index in [-0.39, 0.29) is 6.03 Å². The van der Waals surface area contributed by atoms with E-state index in [9.17, 15) is 4.79 Å². The molecule has 0 radical (unpaired) electrons. The van der Waals surface area contributed by atoms with E-state index in [2.05, 4.69) is 51.8 Å². The highest BCUT2D eigenvalue weighted by Gasteiger charge is 2.23. The van der Waals surface area contributed by atoms with E-state index in [1.807, 2.05) is 47.5 Å². The molecule has 8 nitrogen and oxygen atoms in total. The lowest BCUT2D eigenvalue weighted by Gasteiger charge is -2.34. The number of fused-ring (bicyclic) bond motifs is 1. The van der Waals surface area contributed by atoms with Gasteiger partial charge in [0.15, 0.2) is 5.65 Å². The first-order chi connectivity index (χ1) is 17.5. The Hall–Kier alpha value is -3.91. The van der Waals surface area contributed by atoms with Gasteiger partial charge in [-0.3, -0.25) is 9.47 Å². The van der Waals surface area contributed by atoms with E-state index in [4.69, 9.17) is 9.72 Å². The van der Waals surface area contributed by atoms with Gasteiger partial charge in [0.25, 0.3) is 0 Å². The largest absolute Gasteiger partial charge is 0.497 e. The molecule has 8 heteroatoms. The number of amides is 2. The molecule has 0 atom stereocenters. The fourth-order valence-electron chi connectivity index (χ4n) is 4.80. The van der Waals surface area contributed by atoms with Gasteiger partial charge in [-0.25, -0.2) is 14.8 Å². The second-order valence-electron chi connectivity index (χ2n) is 9.33. The number of pyridine rings is 1. The molecule has 5 rings (SSSR count). The minimum Gasteiger partial charge on any atom is -0.497 e. The molecule has 36 heavy (non-hydrogen) atoms. The fourth-order valence-corrected chi connectivity index (χ4v) is 4.80. The van der Waals surface area contributed by atoms with Crippen LogP contribution in [0.2, 0.25) is 0 Å². The Morgan fingerprint density at radius 3 is 2.53 bits per heavy atom. The van der Waals surface area contributed by atoms with Crippen LogP contribution >= 0.6 is 0 Å². The lowest BCUT2D eigenvalue weighted by atomic mass is 10.1. The van der Waals surface area contributed by atoms with Crippen molar-refractivity contribution in [3.8, 4) is 11.4 Å². The van der Waals surface area contributed by atoms with Crippen LogP contribution in [0.4, 0.5) is 4.79 Å². The van der Waals surface area contributed by atoms with E-state index >= 15 is 0 Å². The molecule has 0 spiro atoms. The summed E-state index contributed by atoms with van der Waals surface area (Å²) in [6, 6.07) is 18.2. The van der Waals surface area contributed by atoms with E-state index in [1.54, 1.807) is 7.11 Å². The number of rotatable bonds is 6. The van der Waals surface area contributed by atoms with Crippen LogP contribution in [0.3, 0.4) is 0 Å². The van der Waals surface area contributed by atoms with Crippen molar-refractivity contribution in [1.29, 1.82) is 0 Å². The molecule has 0 unspecified atom stereocenters. The van der Waals surface area contributed by atoms with Crippen LogP contribution in [0.1, 0.15) is 22.5 Å². The van der Waals surface area contributed by atoms with Gasteiger partial charge in [0.1, 0.15) is 17.1 Å². The van der Waals surface area contributed by atoms with Gasteiger partial charge in [-0.05, 0) is 66.9 Å². The summed E-state index contributed by atoms with van der Waals surface area (Å²) in [5.74, 6) is 1.75. The summed E-state index contributed by atoms with van der Waals surface area (Å²) < 4.78 is 7.44. The SMILES string of the molecule is COc1cccc(CNC(=O)N2CCN(Cc3nc4cccnc4n3-c3cc(C)cc(C)c3)CC2)c1. The third-order valence-corrected chi connectivity index (χ3v) is 6.55. The Morgan fingerprint density at radius 1 is 1.00 bits per heavy atom. The first kappa shape index (κ1) is 23.8. The highest BCUT2D eigenvalue weighted by atomic mass is 16.5. The maximum Gasteiger partial charge on any atom is 0.317 e. The molecule has 2 amide bonds. The third kappa shape index (κ3) is 5.18. The summed E-state index contributed by atoms with van der Waals surface area (Å²) in [7, 11) is 1.64. The Morgan fingerprint density at radius 2 is 1.78 bits per heavy atom. The molecule has 4 aromatic rings. The summed E-state index contributed by atoms with van der Waals surface area (Å²) in [6.07, 6.45) is 1.82. The molecule has 0 bridgehead atoms. The molecule has 1 aliphatic heterocycles. The van der Waals surface area contributed by atoms with Crippen molar-refractivity contribution >= 4 is 17.2 Å². The van der Waals surface area contributed by atoms with Gasteiger partial charge in [-0.15, -0.1) is 0 Å². The van der Waals surface area contributed by atoms with E-state index in [1.165, 1.54) is 11.1 Å². The van der Waals surface area contributed by atoms with Gasteiger partial charge in [0.05, 0.1) is 13.7 Å². The third-order valence-electron chi connectivity index (χ3n) is 6.55. The zero-order valence-electron chi connectivity index (χ0n) is 21.1. The summed E-state index contributed by atoms with van der Waals surface area (Å²) in [5.41, 5.74) is 6.28. The number of carbonyl (C=O) groups excluding carboxylic acids is 1. The molecule has 186 valence electrons. The Bertz CT molecular complexity index is 1350. The van der Waals surface area contributed by atoms with Crippen LogP contribution in [0, 0.1) is 13.8 Å². The van der Waals surface area contributed by atoms with Crippen LogP contribution in [0.15, 0.2) is 60.8 Å². The van der Waals surface area contributed by atoms with Crippen LogP contribution in [0.25, 0.3) is 16.9 Å². The van der Waals surface area contributed by atoms with Crippen LogP contribution < -0.4 is 10.1 Å². The normalized spacial score (nSPS) is 14.2. The van der Waals surface area contributed by atoms with Crippen LogP contribution in [-0.2, 0) is 13.1 Å². The van der Waals surface area contributed by atoms with E-state index in [0.717, 1.165) is 47.1 Å². The topological polar surface area (TPSA) is 75.5 Å². The number of imidazole rings is 1. The summed E-state index contributed by atoms with van der Waals surface area (Å²) >= 11 is 0. The Kier molecular flexibility index (Phi) is 6.86. The molecule has 2 aromatic heterocycles. The second-order valence-corrected chi connectivity index (χ2v) is 9.33. The standard InChI is InChI=1S/C28H32N6O2/c1-20-14-21(2)16-23(15-20)34-26(31-25-8-5-9-29-27(25)34)19-32-10-12-33(13-11-32)28(35)30-18-22-6-4-7-24(17-22)36-3/h4-9,14-17H,10-13,18-19H2,1-3H3,(H,30,35). The molecule has 1 fully saturated rings. The molecular formula is C28H32N6O2. The van der Waals surface area contributed by atoms with Gasteiger partial charge >= 0.3 is 6.03 Å². The average molecular weight is 485 g/mol. The number of methoxy groups -OCH3 is 1. The molecule has 3 heterocycles. The van der Waals surface area contributed by atoms with Crippen molar-refractivity contribution in [2.24, 2.45) is 0 Å². The minimum absolute atomic E-state index is 0.0378. The van der Waals surface area contributed by atoms with Gasteiger partial charge in [0, 0.05) is 44.6 Å². The quantitative estimate of drug-likeness (QED) is 0.447. The zero-order chi connectivity index (χ0) is 25.1. The molecule has 0 aliphatic carbocycles. The number of carbonyl (C=O) groups is 1. The molecular weight excluding hydrogens is 452 g/mol. The Balaban J connectivity index is 1.25. The lowest BCUT2D eigenvalue weighted by molar-refractivity contribution is 0.133. The summed E-state index contributed by atoms with van der Waals surface area (Å²) in [5, 5.41) is 3.03. The highest BCUT2D eigenvalue weighted by Crippen LogP contribution is 2.23. The number of benzene rings is 2. The van der Waals surface area contributed by atoms with Crippen molar-refractivity contribution in [3.63, 3.8) is 0 Å². The number of aryl methyl sites for hydroxylation is 2. The second kappa shape index (κ2) is 10.4. The number of nitrogens with zero attached hydrogens (tertiary/aromatic N) is 5. The van der Waals surface area contributed by atoms with Crippen molar-refractivity contribution < 1.29 is 9.53 Å². The van der Waals surface area contributed by atoms with E-state index in [0.29, 0.717) is 26.2 Å². The van der Waals surface area contributed by atoms with E-state index < -0.39 is 0 Å². The van der Waals surface area contributed by atoms with Gasteiger partial charge in [0.2, 0.25) is 0 Å². The van der Waals surface area contributed by atoms with Crippen LogP contribution in [-0.4, -0.2) is 63.7 Å². The predicted molar refractivity (Wildman–Crippen MR) is 140 cm³/mol. The Labute approximate surface area is 211 Å². The van der Waals surface area contributed by atoms with Crippen molar-refractivity contribution in [2.75, 3.05) is 33.3 Å². The maximum atomic E-state index is 12.8. The molecule has 1 N–H and O–H groups in total. The maximum absolute atomic E-state index is 12.8. The first-order valence-corrected chi connectivity index (χ1v) is 12.3. The zero-order valence-corrected chi connectivity index (χ0v) is 21.1. The number of urea groups is 1. The monoisotopic (exact) mass is 484 g/mol. The number of piperazine rings is 1. The smallest absolute Gasteiger partial charge is 0.317 e. The van der Waals surface area contributed by atoms with Crippen LogP contribution in [0.5, 0.6) is 5.75 Å². The van der Waals surface area contributed by atoms with Crippen molar-refractivity contribution in [3.05, 3.63) is 83.3 Å². The van der Waals surface area contributed by atoms with Crippen molar-refractivity contribution in [2.45, 2.75) is 26.9 Å². The van der Waals surface area contributed by atoms with Crippen molar-refractivity contribution in [1.82, 2.24) is 29.7 Å². The number of hydrogen-bond acceptors (Lipinski definition) is 5. The summed E-state index contributed by atoms with van der Waals surface area (Å²) in [4.78, 5) is 26.5. The van der Waals surface area contributed by atoms with Gasteiger partial charge in [-0.1, -0.05) is 18.2 Å². The number of nitrogens with one attached hydrogen (secondary N) is 1. The average Bonchev–Trinajstić information content (AvgIpc) is 3.25. The van der Waals surface area contributed by atoms with Gasteiger partial charge in [-0.2, -0.15) is 0 Å². The molecule has 1 aliphatic rings. The summed E-state index contributed by atoms with van der Waals surface area (Å²) in [6.45, 7) is 8.32. The fraction of sp³-hybridized carbons (Fsp3) is 0.321. The number of aromatic nitrogens is 3. The molecule has 1 saturated heterocycles. The predicted octanol–water partition coefficient (Wildman–Crippen LogP) is 4.07. The molecule has 2 aromatic carbocycles. The minimum atomic E-state index is -0.0378. The number of ether oxygens (including phenoxy) is 1. The lowest BCUT2D eigenvalue weighted by Crippen LogP contribution is -2.51. The molecule has 0 saturated carbocycles. The number of hydrogen-bond donors (Lipinski definition) is 1.